The summed E-state index contributed by atoms with van der Waals surface area (Å²) in [5, 5.41) is 3.10. The highest BCUT2D eigenvalue weighted by molar-refractivity contribution is 5.33. The van der Waals surface area contributed by atoms with Crippen LogP contribution in [0.25, 0.3) is 0 Å². The van der Waals surface area contributed by atoms with Crippen molar-refractivity contribution < 1.29 is 4.39 Å². The van der Waals surface area contributed by atoms with Crippen LogP contribution in [0.3, 0.4) is 0 Å². The van der Waals surface area contributed by atoms with E-state index in [1.165, 1.54) is 6.07 Å². The van der Waals surface area contributed by atoms with E-state index in [1.54, 1.807) is 12.1 Å². The van der Waals surface area contributed by atoms with Gasteiger partial charge in [0.1, 0.15) is 5.82 Å². The van der Waals surface area contributed by atoms with E-state index in [1.807, 2.05) is 0 Å². The molecular weight excluding hydrogens is 205 g/mol. The zero-order valence-electron chi connectivity index (χ0n) is 10.2. The minimum absolute atomic E-state index is 0.440. The van der Waals surface area contributed by atoms with Crippen molar-refractivity contribution in [2.45, 2.75) is 26.3 Å². The van der Waals surface area contributed by atoms with Crippen LogP contribution in [0.1, 0.15) is 20.3 Å². The molecule has 0 amide bonds. The van der Waals surface area contributed by atoms with Crippen molar-refractivity contribution in [3.8, 4) is 0 Å². The van der Waals surface area contributed by atoms with Gasteiger partial charge in [0.05, 0.1) is 0 Å². The molecule has 90 valence electrons. The van der Waals surface area contributed by atoms with Gasteiger partial charge in [0.25, 0.3) is 0 Å². The van der Waals surface area contributed by atoms with E-state index in [2.05, 4.69) is 36.1 Å². The zero-order chi connectivity index (χ0) is 12.0. The number of nitrogens with zero attached hydrogens (tertiary/aromatic N) is 2. The molecule has 0 saturated carbocycles. The van der Waals surface area contributed by atoms with Crippen LogP contribution in [0.15, 0.2) is 18.2 Å². The zero-order valence-corrected chi connectivity index (χ0v) is 10.2. The second-order valence-corrected chi connectivity index (χ2v) is 4.20. The minimum atomic E-state index is -0.440. The summed E-state index contributed by atoms with van der Waals surface area (Å²) in [6.07, 6.45) is 1.02. The molecule has 1 N–H and O–H groups in total. The highest BCUT2D eigenvalue weighted by Gasteiger charge is 2.02. The molecule has 0 unspecified atom stereocenters. The summed E-state index contributed by atoms with van der Waals surface area (Å²) in [5.74, 6) is 0.163. The molecule has 0 bridgehead atoms. The molecule has 0 aliphatic rings. The van der Waals surface area contributed by atoms with Gasteiger partial charge in [-0.25, -0.2) is 4.98 Å². The monoisotopic (exact) mass is 225 g/mol. The maximum Gasteiger partial charge on any atom is 0.214 e. The van der Waals surface area contributed by atoms with Crippen LogP contribution in [0.5, 0.6) is 0 Å². The Kier molecular flexibility index (Phi) is 5.19. The highest BCUT2D eigenvalue weighted by Crippen LogP contribution is 2.03. The predicted octanol–water partition coefficient (Wildman–Crippen LogP) is 2.36. The molecule has 1 aromatic heterocycles. The third kappa shape index (κ3) is 4.57. The van der Waals surface area contributed by atoms with Gasteiger partial charge in [-0.2, -0.15) is 4.39 Å². The Morgan fingerprint density at radius 1 is 1.44 bits per heavy atom. The van der Waals surface area contributed by atoms with Crippen molar-refractivity contribution in [2.24, 2.45) is 0 Å². The number of aromatic nitrogens is 1. The summed E-state index contributed by atoms with van der Waals surface area (Å²) in [6, 6.07) is 5.34. The van der Waals surface area contributed by atoms with Gasteiger partial charge in [-0.1, -0.05) is 6.07 Å². The molecule has 0 aliphatic carbocycles. The van der Waals surface area contributed by atoms with Crippen LogP contribution >= 0.6 is 0 Å². The fourth-order valence-electron chi connectivity index (χ4n) is 1.31. The number of rotatable bonds is 6. The first-order valence-corrected chi connectivity index (χ1v) is 5.66. The molecule has 0 fully saturated rings. The van der Waals surface area contributed by atoms with Gasteiger partial charge in [-0.3, -0.25) is 0 Å². The molecule has 0 radical (unpaired) electrons. The molecule has 0 atom stereocenters. The van der Waals surface area contributed by atoms with E-state index in [0.717, 1.165) is 19.5 Å². The molecule has 0 aromatic carbocycles. The van der Waals surface area contributed by atoms with E-state index >= 15 is 0 Å². The topological polar surface area (TPSA) is 28.2 Å². The third-order valence-corrected chi connectivity index (χ3v) is 2.59. The average Bonchev–Trinajstić information content (AvgIpc) is 2.24. The predicted molar refractivity (Wildman–Crippen MR) is 65.1 cm³/mol. The molecule has 0 saturated heterocycles. The van der Waals surface area contributed by atoms with Crippen molar-refractivity contribution in [3.63, 3.8) is 0 Å². The van der Waals surface area contributed by atoms with Gasteiger partial charge in [-0.05, 0) is 46.0 Å². The number of pyridine rings is 1. The summed E-state index contributed by atoms with van der Waals surface area (Å²) in [4.78, 5) is 6.01. The Morgan fingerprint density at radius 2 is 2.19 bits per heavy atom. The second-order valence-electron chi connectivity index (χ2n) is 4.20. The van der Waals surface area contributed by atoms with Crippen molar-refractivity contribution in [1.82, 2.24) is 9.88 Å². The lowest BCUT2D eigenvalue weighted by Crippen LogP contribution is -2.28. The summed E-state index contributed by atoms with van der Waals surface area (Å²) in [6.45, 7) is 6.18. The van der Waals surface area contributed by atoms with E-state index in [9.17, 15) is 4.39 Å². The lowest BCUT2D eigenvalue weighted by Gasteiger charge is -2.20. The van der Waals surface area contributed by atoms with Crippen LogP contribution in [0.4, 0.5) is 10.2 Å². The molecule has 1 aromatic rings. The third-order valence-electron chi connectivity index (χ3n) is 2.59. The van der Waals surface area contributed by atoms with Crippen LogP contribution in [-0.2, 0) is 0 Å². The number of hydrogen-bond donors (Lipinski definition) is 1. The van der Waals surface area contributed by atoms with Gasteiger partial charge in [0.2, 0.25) is 5.95 Å². The minimum Gasteiger partial charge on any atom is -0.370 e. The van der Waals surface area contributed by atoms with Gasteiger partial charge < -0.3 is 10.2 Å². The number of hydrogen-bond acceptors (Lipinski definition) is 3. The van der Waals surface area contributed by atoms with Gasteiger partial charge >= 0.3 is 0 Å². The second kappa shape index (κ2) is 6.43. The van der Waals surface area contributed by atoms with Gasteiger partial charge in [0, 0.05) is 12.6 Å². The Balaban J connectivity index is 2.21. The number of halogens is 1. The fraction of sp³-hybridized carbons (Fsp3) is 0.583. The van der Waals surface area contributed by atoms with E-state index in [-0.39, 0.29) is 0 Å². The maximum atomic E-state index is 12.8. The lowest BCUT2D eigenvalue weighted by atomic mass is 10.3. The van der Waals surface area contributed by atoms with Gasteiger partial charge in [0.15, 0.2) is 0 Å². The smallest absolute Gasteiger partial charge is 0.214 e. The summed E-state index contributed by atoms with van der Waals surface area (Å²) < 4.78 is 12.8. The first-order valence-electron chi connectivity index (χ1n) is 5.66. The Morgan fingerprint density at radius 3 is 2.81 bits per heavy atom. The van der Waals surface area contributed by atoms with Crippen LogP contribution in [-0.4, -0.2) is 36.1 Å². The van der Waals surface area contributed by atoms with Crippen molar-refractivity contribution in [1.29, 1.82) is 0 Å². The van der Waals surface area contributed by atoms with Crippen molar-refractivity contribution in [3.05, 3.63) is 24.1 Å². The van der Waals surface area contributed by atoms with Crippen LogP contribution in [0.2, 0.25) is 0 Å². The van der Waals surface area contributed by atoms with Crippen molar-refractivity contribution in [2.75, 3.05) is 25.5 Å². The molecule has 1 heterocycles. The fourth-order valence-corrected chi connectivity index (χ4v) is 1.31. The molecule has 16 heavy (non-hydrogen) atoms. The van der Waals surface area contributed by atoms with Gasteiger partial charge in [-0.15, -0.1) is 0 Å². The normalized spacial score (nSPS) is 11.1. The summed E-state index contributed by atoms with van der Waals surface area (Å²) in [7, 11) is 2.10. The number of nitrogens with one attached hydrogen (secondary N) is 1. The summed E-state index contributed by atoms with van der Waals surface area (Å²) >= 11 is 0. The Hall–Kier alpha value is -1.16. The summed E-state index contributed by atoms with van der Waals surface area (Å²) in [5.41, 5.74) is 0. The standard InChI is InChI=1S/C12H20FN3/c1-10(2)16(3)9-5-8-14-12-7-4-6-11(13)15-12/h4,6-7,10H,5,8-9H2,1-3H3,(H,14,15). The van der Waals surface area contributed by atoms with E-state index in [0.29, 0.717) is 11.9 Å². The molecule has 1 rings (SSSR count). The quantitative estimate of drug-likeness (QED) is 0.595. The first kappa shape index (κ1) is 12.9. The highest BCUT2D eigenvalue weighted by atomic mass is 19.1. The molecule has 0 aliphatic heterocycles. The maximum absolute atomic E-state index is 12.8. The van der Waals surface area contributed by atoms with E-state index < -0.39 is 5.95 Å². The Bertz CT molecular complexity index is 315. The largest absolute Gasteiger partial charge is 0.370 e. The van der Waals surface area contributed by atoms with E-state index in [4.69, 9.17) is 0 Å². The molecular formula is C12H20FN3. The molecule has 3 nitrogen and oxygen atoms in total. The molecule has 0 spiro atoms. The Labute approximate surface area is 96.7 Å². The van der Waals surface area contributed by atoms with Crippen LogP contribution in [0, 0.1) is 5.95 Å². The SMILES string of the molecule is CC(C)N(C)CCCNc1cccc(F)n1. The number of anilines is 1. The lowest BCUT2D eigenvalue weighted by molar-refractivity contribution is 0.273. The molecule has 4 heteroatoms. The van der Waals surface area contributed by atoms with Crippen molar-refractivity contribution >= 4 is 5.82 Å². The van der Waals surface area contributed by atoms with Crippen LogP contribution < -0.4 is 5.32 Å². The first-order chi connectivity index (χ1) is 7.59. The average molecular weight is 225 g/mol.